The summed E-state index contributed by atoms with van der Waals surface area (Å²) in [7, 11) is 0. The average molecular weight is 372 g/mol. The number of nitriles is 1. The molecule has 0 aliphatic rings. The minimum atomic E-state index is -0.569. The van der Waals surface area contributed by atoms with Crippen LogP contribution < -0.4 is 10.6 Å². The second kappa shape index (κ2) is 8.45. The molecule has 0 saturated heterocycles. The highest BCUT2D eigenvalue weighted by Gasteiger charge is 2.17. The highest BCUT2D eigenvalue weighted by Crippen LogP contribution is 2.28. The van der Waals surface area contributed by atoms with Crippen molar-refractivity contribution in [1.82, 2.24) is 15.6 Å². The molecule has 7 nitrogen and oxygen atoms in total. The van der Waals surface area contributed by atoms with Crippen LogP contribution in [-0.4, -0.2) is 35.7 Å². The Balaban J connectivity index is 1.92. The van der Waals surface area contributed by atoms with E-state index in [1.54, 1.807) is 44.5 Å². The summed E-state index contributed by atoms with van der Waals surface area (Å²) >= 11 is 1.33. The van der Waals surface area contributed by atoms with E-state index in [4.69, 9.17) is 10.00 Å². The Morgan fingerprint density at radius 1 is 1.27 bits per heavy atom. The zero-order valence-corrected chi connectivity index (χ0v) is 15.6. The van der Waals surface area contributed by atoms with Gasteiger partial charge in [-0.05, 0) is 38.5 Å². The Kier molecular flexibility index (Phi) is 6.31. The van der Waals surface area contributed by atoms with Crippen LogP contribution in [0.5, 0.6) is 0 Å². The molecule has 0 atom stereocenters. The molecule has 0 saturated carbocycles. The Labute approximate surface area is 156 Å². The number of hydrogen-bond acceptors (Lipinski definition) is 6. The summed E-state index contributed by atoms with van der Waals surface area (Å²) in [4.78, 5) is 28.7. The van der Waals surface area contributed by atoms with E-state index in [2.05, 4.69) is 21.7 Å². The highest BCUT2D eigenvalue weighted by molar-refractivity contribution is 7.13. The summed E-state index contributed by atoms with van der Waals surface area (Å²) in [6.07, 6.45) is -0.533. The third kappa shape index (κ3) is 5.57. The van der Waals surface area contributed by atoms with Gasteiger partial charge in [0.05, 0.1) is 22.0 Å². The molecule has 8 heteroatoms. The minimum absolute atomic E-state index is 0.240. The SMILES string of the molecule is CC(C)(C)OC(=O)NCCNC(=O)c1ncsc1-c1cccc(C#N)c1. The first-order valence-electron chi connectivity index (χ1n) is 7.99. The smallest absolute Gasteiger partial charge is 0.407 e. The van der Waals surface area contributed by atoms with Crippen molar-refractivity contribution in [2.45, 2.75) is 26.4 Å². The van der Waals surface area contributed by atoms with Crippen molar-refractivity contribution in [2.75, 3.05) is 13.1 Å². The van der Waals surface area contributed by atoms with Gasteiger partial charge in [0, 0.05) is 13.1 Å². The van der Waals surface area contributed by atoms with Crippen molar-refractivity contribution < 1.29 is 14.3 Å². The van der Waals surface area contributed by atoms with Crippen molar-refractivity contribution in [3.63, 3.8) is 0 Å². The summed E-state index contributed by atoms with van der Waals surface area (Å²) in [5.74, 6) is -0.338. The standard InChI is InChI=1S/C18H20N4O3S/c1-18(2,3)25-17(24)21-8-7-20-16(23)14-15(26-11-22-14)13-6-4-5-12(9-13)10-19/h4-6,9,11H,7-8H2,1-3H3,(H,20,23)(H,21,24). The van der Waals surface area contributed by atoms with E-state index < -0.39 is 11.7 Å². The van der Waals surface area contributed by atoms with Crippen LogP contribution in [0.4, 0.5) is 4.79 Å². The zero-order chi connectivity index (χ0) is 19.2. The molecule has 1 aromatic carbocycles. The number of rotatable bonds is 5. The molecule has 0 fully saturated rings. The van der Waals surface area contributed by atoms with Gasteiger partial charge in [-0.15, -0.1) is 11.3 Å². The lowest BCUT2D eigenvalue weighted by molar-refractivity contribution is 0.0526. The van der Waals surface area contributed by atoms with Gasteiger partial charge < -0.3 is 15.4 Å². The molecule has 1 aromatic heterocycles. The molecule has 1 heterocycles. The summed E-state index contributed by atoms with van der Waals surface area (Å²) in [5, 5.41) is 14.3. The van der Waals surface area contributed by atoms with Gasteiger partial charge in [-0.25, -0.2) is 9.78 Å². The molecule has 0 aliphatic heterocycles. The fraction of sp³-hybridized carbons (Fsp3) is 0.333. The van der Waals surface area contributed by atoms with Crippen molar-refractivity contribution in [1.29, 1.82) is 5.26 Å². The first-order valence-corrected chi connectivity index (χ1v) is 8.87. The highest BCUT2D eigenvalue weighted by atomic mass is 32.1. The normalized spacial score (nSPS) is 10.7. The van der Waals surface area contributed by atoms with Crippen LogP contribution in [0.3, 0.4) is 0 Å². The van der Waals surface area contributed by atoms with Crippen LogP contribution in [0.2, 0.25) is 0 Å². The second-order valence-electron chi connectivity index (χ2n) is 6.41. The number of thiazole rings is 1. The summed E-state index contributed by atoms with van der Waals surface area (Å²) < 4.78 is 5.12. The van der Waals surface area contributed by atoms with Gasteiger partial charge in [0.1, 0.15) is 11.3 Å². The van der Waals surface area contributed by atoms with Crippen LogP contribution in [0.25, 0.3) is 10.4 Å². The lowest BCUT2D eigenvalue weighted by Gasteiger charge is -2.19. The topological polar surface area (TPSA) is 104 Å². The third-order valence-corrected chi connectivity index (χ3v) is 3.99. The lowest BCUT2D eigenvalue weighted by Crippen LogP contribution is -2.38. The molecule has 2 N–H and O–H groups in total. The van der Waals surface area contributed by atoms with E-state index in [0.29, 0.717) is 16.1 Å². The maximum atomic E-state index is 12.4. The largest absolute Gasteiger partial charge is 0.444 e. The second-order valence-corrected chi connectivity index (χ2v) is 7.26. The van der Waals surface area contributed by atoms with Crippen molar-refractivity contribution in [3.8, 4) is 16.5 Å². The van der Waals surface area contributed by atoms with E-state index in [1.807, 2.05) is 6.07 Å². The van der Waals surface area contributed by atoms with Gasteiger partial charge in [0.2, 0.25) is 0 Å². The number of alkyl carbamates (subject to hydrolysis) is 1. The third-order valence-electron chi connectivity index (χ3n) is 3.12. The maximum absolute atomic E-state index is 12.4. The van der Waals surface area contributed by atoms with Crippen LogP contribution in [0, 0.1) is 11.3 Å². The molecule has 0 radical (unpaired) electrons. The Bertz CT molecular complexity index is 833. The van der Waals surface area contributed by atoms with Gasteiger partial charge in [-0.3, -0.25) is 4.79 Å². The Morgan fingerprint density at radius 3 is 2.69 bits per heavy atom. The Morgan fingerprint density at radius 2 is 2.00 bits per heavy atom. The fourth-order valence-electron chi connectivity index (χ4n) is 2.08. The van der Waals surface area contributed by atoms with Crippen molar-refractivity contribution >= 4 is 23.3 Å². The monoisotopic (exact) mass is 372 g/mol. The molecule has 0 spiro atoms. The maximum Gasteiger partial charge on any atom is 0.407 e. The molecule has 26 heavy (non-hydrogen) atoms. The molecule has 0 unspecified atom stereocenters. The number of hydrogen-bond donors (Lipinski definition) is 2. The molecular formula is C18H20N4O3S. The first-order chi connectivity index (χ1) is 12.3. The van der Waals surface area contributed by atoms with Gasteiger partial charge >= 0.3 is 6.09 Å². The quantitative estimate of drug-likeness (QED) is 0.785. The Hall–Kier alpha value is -2.92. The summed E-state index contributed by atoms with van der Waals surface area (Å²) in [6, 6.07) is 9.09. The van der Waals surface area contributed by atoms with E-state index in [1.165, 1.54) is 11.3 Å². The number of aromatic nitrogens is 1. The van der Waals surface area contributed by atoms with E-state index in [9.17, 15) is 9.59 Å². The zero-order valence-electron chi connectivity index (χ0n) is 14.8. The molecule has 0 aliphatic carbocycles. The number of nitrogens with one attached hydrogen (secondary N) is 2. The minimum Gasteiger partial charge on any atom is -0.444 e. The van der Waals surface area contributed by atoms with Gasteiger partial charge in [0.15, 0.2) is 0 Å². The van der Waals surface area contributed by atoms with Crippen LogP contribution in [-0.2, 0) is 4.74 Å². The van der Waals surface area contributed by atoms with Crippen LogP contribution >= 0.6 is 11.3 Å². The van der Waals surface area contributed by atoms with Crippen molar-refractivity contribution in [3.05, 3.63) is 41.0 Å². The number of benzene rings is 1. The van der Waals surface area contributed by atoms with E-state index in [0.717, 1.165) is 5.56 Å². The van der Waals surface area contributed by atoms with Crippen LogP contribution in [0.15, 0.2) is 29.8 Å². The molecule has 136 valence electrons. The average Bonchev–Trinajstić information content (AvgIpc) is 3.07. The number of carbonyl (C=O) groups is 2. The number of ether oxygens (including phenoxy) is 1. The van der Waals surface area contributed by atoms with Gasteiger partial charge in [-0.2, -0.15) is 5.26 Å². The number of nitrogens with zero attached hydrogens (tertiary/aromatic N) is 2. The predicted octanol–water partition coefficient (Wildman–Crippen LogP) is 2.94. The number of amides is 2. The molecule has 2 amide bonds. The molecule has 0 bridgehead atoms. The fourth-order valence-corrected chi connectivity index (χ4v) is 2.86. The first kappa shape index (κ1) is 19.4. The van der Waals surface area contributed by atoms with E-state index >= 15 is 0 Å². The summed E-state index contributed by atoms with van der Waals surface area (Å²) in [6.45, 7) is 5.82. The summed E-state index contributed by atoms with van der Waals surface area (Å²) in [5.41, 5.74) is 2.60. The molecule has 2 rings (SSSR count). The number of carbonyl (C=O) groups excluding carboxylic acids is 2. The molecular weight excluding hydrogens is 352 g/mol. The molecule has 2 aromatic rings. The van der Waals surface area contributed by atoms with Gasteiger partial charge in [0.25, 0.3) is 5.91 Å². The predicted molar refractivity (Wildman–Crippen MR) is 98.8 cm³/mol. The van der Waals surface area contributed by atoms with Gasteiger partial charge in [-0.1, -0.05) is 12.1 Å². The van der Waals surface area contributed by atoms with Crippen LogP contribution in [0.1, 0.15) is 36.8 Å². The van der Waals surface area contributed by atoms with E-state index in [-0.39, 0.29) is 19.0 Å². The lowest BCUT2D eigenvalue weighted by atomic mass is 10.1. The van der Waals surface area contributed by atoms with Crippen molar-refractivity contribution in [2.24, 2.45) is 0 Å².